The summed E-state index contributed by atoms with van der Waals surface area (Å²) >= 11 is 6.29. The molecular weight excluding hydrogens is 317 g/mol. The predicted octanol–water partition coefficient (Wildman–Crippen LogP) is 3.57. The van der Waals surface area contributed by atoms with E-state index in [0.29, 0.717) is 11.2 Å². The molecule has 0 aromatic carbocycles. The van der Waals surface area contributed by atoms with Gasteiger partial charge in [0.1, 0.15) is 5.15 Å². The van der Waals surface area contributed by atoms with E-state index >= 15 is 0 Å². The lowest BCUT2D eigenvalue weighted by atomic mass is 9.81. The van der Waals surface area contributed by atoms with Gasteiger partial charge in [-0.2, -0.15) is 0 Å². The van der Waals surface area contributed by atoms with Gasteiger partial charge in [0, 0.05) is 44.0 Å². The summed E-state index contributed by atoms with van der Waals surface area (Å²) in [5.41, 5.74) is 1.29. The number of aromatic nitrogens is 1. The number of pyridine rings is 1. The van der Waals surface area contributed by atoms with E-state index in [0.717, 1.165) is 31.7 Å². The van der Waals surface area contributed by atoms with E-state index in [-0.39, 0.29) is 30.2 Å². The Morgan fingerprint density at radius 2 is 1.85 bits per heavy atom. The molecular formula is C14H24Cl3N3. The standard InChI is InChI=1S/C14H22ClN3.2ClH/c1-14(2,3)12(18-9-7-16-8-10-18)11-5-4-6-17-13(11)15;;/h4-6,12,16H,7-10H2,1-3H3;2*1H/t12-;;/m1../s1. The molecule has 0 bridgehead atoms. The highest BCUT2D eigenvalue weighted by atomic mass is 35.5. The Balaban J connectivity index is 0.00000180. The van der Waals surface area contributed by atoms with Gasteiger partial charge < -0.3 is 5.32 Å². The molecule has 3 nitrogen and oxygen atoms in total. The van der Waals surface area contributed by atoms with Crippen molar-refractivity contribution in [2.75, 3.05) is 26.2 Å². The lowest BCUT2D eigenvalue weighted by molar-refractivity contribution is 0.0860. The first-order valence-electron chi connectivity index (χ1n) is 6.55. The van der Waals surface area contributed by atoms with Crippen LogP contribution < -0.4 is 5.32 Å². The van der Waals surface area contributed by atoms with Crippen LogP contribution in [0.25, 0.3) is 0 Å². The number of piperazine rings is 1. The van der Waals surface area contributed by atoms with Crippen LogP contribution in [0.2, 0.25) is 5.15 Å². The smallest absolute Gasteiger partial charge is 0.133 e. The predicted molar refractivity (Wildman–Crippen MR) is 90.4 cm³/mol. The molecule has 1 aromatic heterocycles. The molecule has 1 atom stereocenters. The van der Waals surface area contributed by atoms with Gasteiger partial charge in [0.05, 0.1) is 0 Å². The number of hydrogen-bond donors (Lipinski definition) is 1. The van der Waals surface area contributed by atoms with E-state index in [1.165, 1.54) is 0 Å². The maximum atomic E-state index is 6.29. The molecule has 2 rings (SSSR count). The van der Waals surface area contributed by atoms with Crippen molar-refractivity contribution >= 4 is 36.4 Å². The summed E-state index contributed by atoms with van der Waals surface area (Å²) in [5, 5.41) is 4.03. The van der Waals surface area contributed by atoms with Crippen molar-refractivity contribution in [1.29, 1.82) is 0 Å². The van der Waals surface area contributed by atoms with Gasteiger partial charge >= 0.3 is 0 Å². The Labute approximate surface area is 139 Å². The second kappa shape index (κ2) is 8.40. The Hall–Kier alpha value is -0.0600. The summed E-state index contributed by atoms with van der Waals surface area (Å²) in [4.78, 5) is 6.74. The first kappa shape index (κ1) is 19.9. The Bertz CT molecular complexity index is 401. The third-order valence-corrected chi connectivity index (χ3v) is 3.74. The molecule has 1 aromatic rings. The van der Waals surface area contributed by atoms with Crippen LogP contribution in [0.5, 0.6) is 0 Å². The van der Waals surface area contributed by atoms with E-state index in [1.54, 1.807) is 6.20 Å². The van der Waals surface area contributed by atoms with Gasteiger partial charge in [-0.05, 0) is 11.5 Å². The minimum Gasteiger partial charge on any atom is -0.314 e. The van der Waals surface area contributed by atoms with Crippen molar-refractivity contribution in [2.24, 2.45) is 5.41 Å². The van der Waals surface area contributed by atoms with Gasteiger partial charge in [0.15, 0.2) is 0 Å². The van der Waals surface area contributed by atoms with Crippen molar-refractivity contribution in [3.8, 4) is 0 Å². The van der Waals surface area contributed by atoms with Crippen molar-refractivity contribution in [3.63, 3.8) is 0 Å². The maximum Gasteiger partial charge on any atom is 0.133 e. The van der Waals surface area contributed by atoms with Gasteiger partial charge in [0.25, 0.3) is 0 Å². The second-order valence-corrected chi connectivity index (χ2v) is 6.30. The van der Waals surface area contributed by atoms with Crippen LogP contribution >= 0.6 is 36.4 Å². The number of hydrogen-bond acceptors (Lipinski definition) is 3. The van der Waals surface area contributed by atoms with Crippen molar-refractivity contribution in [1.82, 2.24) is 15.2 Å². The van der Waals surface area contributed by atoms with Gasteiger partial charge in [-0.15, -0.1) is 24.8 Å². The van der Waals surface area contributed by atoms with E-state index in [9.17, 15) is 0 Å². The topological polar surface area (TPSA) is 28.2 Å². The molecule has 0 saturated carbocycles. The van der Waals surface area contributed by atoms with Crippen LogP contribution in [0, 0.1) is 5.41 Å². The second-order valence-electron chi connectivity index (χ2n) is 5.94. The molecule has 6 heteroatoms. The van der Waals surface area contributed by atoms with E-state index in [4.69, 9.17) is 11.6 Å². The highest BCUT2D eigenvalue weighted by Crippen LogP contribution is 2.40. The summed E-state index contributed by atoms with van der Waals surface area (Å²) in [6.45, 7) is 11.0. The fourth-order valence-corrected chi connectivity index (χ4v) is 2.98. The van der Waals surface area contributed by atoms with Gasteiger partial charge in [-0.1, -0.05) is 38.4 Å². The van der Waals surface area contributed by atoms with Crippen LogP contribution in [0.1, 0.15) is 32.4 Å². The van der Waals surface area contributed by atoms with E-state index in [1.807, 2.05) is 6.07 Å². The zero-order valence-electron chi connectivity index (χ0n) is 12.2. The molecule has 2 heterocycles. The normalized spacial score (nSPS) is 17.8. The first-order valence-corrected chi connectivity index (χ1v) is 6.93. The maximum absolute atomic E-state index is 6.29. The van der Waals surface area contributed by atoms with Crippen molar-refractivity contribution < 1.29 is 0 Å². The molecule has 1 aliphatic heterocycles. The number of nitrogens with zero attached hydrogens (tertiary/aromatic N) is 2. The SMILES string of the molecule is CC(C)(C)[C@@H](c1cccnc1Cl)N1CCNCC1.Cl.Cl. The minimum atomic E-state index is 0. The Morgan fingerprint density at radius 1 is 1.25 bits per heavy atom. The van der Waals surface area contributed by atoms with Crippen molar-refractivity contribution in [3.05, 3.63) is 29.0 Å². The Morgan fingerprint density at radius 3 is 2.35 bits per heavy atom. The quantitative estimate of drug-likeness (QED) is 0.834. The van der Waals surface area contributed by atoms with Crippen LogP contribution in [0.4, 0.5) is 0 Å². The summed E-state index contributed by atoms with van der Waals surface area (Å²) in [5.74, 6) is 0. The van der Waals surface area contributed by atoms with Crippen LogP contribution in [-0.4, -0.2) is 36.1 Å². The van der Waals surface area contributed by atoms with E-state index in [2.05, 4.69) is 42.0 Å². The molecule has 20 heavy (non-hydrogen) atoms. The molecule has 1 saturated heterocycles. The number of nitrogens with one attached hydrogen (secondary N) is 1. The summed E-state index contributed by atoms with van der Waals surface area (Å²) in [6.07, 6.45) is 1.75. The number of rotatable bonds is 2. The third kappa shape index (κ3) is 4.74. The molecule has 116 valence electrons. The van der Waals surface area contributed by atoms with Gasteiger partial charge in [-0.3, -0.25) is 4.90 Å². The zero-order valence-corrected chi connectivity index (χ0v) is 14.6. The molecule has 0 unspecified atom stereocenters. The summed E-state index contributed by atoms with van der Waals surface area (Å²) in [6, 6.07) is 4.40. The lowest BCUT2D eigenvalue weighted by Gasteiger charge is -2.42. The third-order valence-electron chi connectivity index (χ3n) is 3.42. The van der Waals surface area contributed by atoms with Gasteiger partial charge in [0.2, 0.25) is 0 Å². The largest absolute Gasteiger partial charge is 0.314 e. The summed E-state index contributed by atoms with van der Waals surface area (Å²) in [7, 11) is 0. The molecule has 0 radical (unpaired) electrons. The van der Waals surface area contributed by atoms with Gasteiger partial charge in [-0.25, -0.2) is 4.98 Å². The molecule has 0 spiro atoms. The highest BCUT2D eigenvalue weighted by molar-refractivity contribution is 6.30. The Kier molecular flexibility index (Phi) is 8.37. The average molecular weight is 341 g/mol. The molecule has 0 aliphatic carbocycles. The monoisotopic (exact) mass is 339 g/mol. The zero-order chi connectivity index (χ0) is 13.2. The highest BCUT2D eigenvalue weighted by Gasteiger charge is 2.33. The van der Waals surface area contributed by atoms with Crippen molar-refractivity contribution in [2.45, 2.75) is 26.8 Å². The summed E-state index contributed by atoms with van der Waals surface area (Å²) < 4.78 is 0. The fourth-order valence-electron chi connectivity index (χ4n) is 2.75. The molecule has 0 amide bonds. The van der Waals surface area contributed by atoms with E-state index < -0.39 is 0 Å². The number of halogens is 3. The molecule has 1 N–H and O–H groups in total. The van der Waals surface area contributed by atoms with Crippen LogP contribution in [0.3, 0.4) is 0 Å². The average Bonchev–Trinajstić information content (AvgIpc) is 2.32. The molecule has 1 aliphatic rings. The first-order chi connectivity index (χ1) is 8.50. The fraction of sp³-hybridized carbons (Fsp3) is 0.643. The van der Waals surface area contributed by atoms with Crippen LogP contribution in [-0.2, 0) is 0 Å². The molecule has 1 fully saturated rings. The minimum absolute atomic E-state index is 0. The lowest BCUT2D eigenvalue weighted by Crippen LogP contribution is -2.48. The van der Waals surface area contributed by atoms with Crippen LogP contribution in [0.15, 0.2) is 18.3 Å².